The maximum Gasteiger partial charge on any atom is 0.250 e. The van der Waals surface area contributed by atoms with Crippen molar-refractivity contribution in [3.05, 3.63) is 34.7 Å². The first kappa shape index (κ1) is 11.0. The average molecular weight is 215 g/mol. The van der Waals surface area contributed by atoms with Crippen molar-refractivity contribution in [3.8, 4) is 0 Å². The van der Waals surface area contributed by atoms with Gasteiger partial charge >= 0.3 is 0 Å². The Morgan fingerprint density at radius 3 is 2.64 bits per heavy atom. The molecule has 4 nitrogen and oxygen atoms in total. The lowest BCUT2D eigenvalue weighted by Crippen LogP contribution is -2.19. The first-order valence-corrected chi connectivity index (χ1v) is 6.38. The van der Waals surface area contributed by atoms with Gasteiger partial charge in [0, 0.05) is 25.1 Å². The molecule has 0 saturated heterocycles. The van der Waals surface area contributed by atoms with E-state index in [0.717, 1.165) is 0 Å². The molecule has 0 amide bonds. The number of nitrogens with zero attached hydrogens (tertiary/aromatic N) is 1. The Morgan fingerprint density at radius 1 is 1.36 bits per heavy atom. The molecule has 1 heterocycles. The highest BCUT2D eigenvalue weighted by atomic mass is 32.2. The highest BCUT2D eigenvalue weighted by molar-refractivity contribution is 7.90. The fourth-order valence-corrected chi connectivity index (χ4v) is 1.80. The molecular formula is C9H13NO3S. The summed E-state index contributed by atoms with van der Waals surface area (Å²) in [4.78, 5) is 11.2. The number of aromatic nitrogens is 1. The molecule has 0 N–H and O–H groups in total. The summed E-state index contributed by atoms with van der Waals surface area (Å²) in [6.07, 6.45) is 3.33. The minimum Gasteiger partial charge on any atom is -0.316 e. The van der Waals surface area contributed by atoms with E-state index in [9.17, 15) is 13.2 Å². The molecule has 5 heteroatoms. The van der Waals surface area contributed by atoms with Crippen LogP contribution in [-0.2, 0) is 16.4 Å². The first-order chi connectivity index (χ1) is 6.49. The molecule has 1 aromatic rings. The molecule has 0 spiro atoms. The van der Waals surface area contributed by atoms with Gasteiger partial charge in [-0.15, -0.1) is 0 Å². The summed E-state index contributed by atoms with van der Waals surface area (Å²) >= 11 is 0. The number of aryl methyl sites for hydroxylation is 1. The van der Waals surface area contributed by atoms with Crippen molar-refractivity contribution in [1.29, 1.82) is 0 Å². The maximum atomic E-state index is 11.2. The van der Waals surface area contributed by atoms with E-state index < -0.39 is 9.84 Å². The van der Waals surface area contributed by atoms with Crippen molar-refractivity contribution in [3.63, 3.8) is 0 Å². The molecule has 0 aliphatic rings. The third-order valence-corrected chi connectivity index (χ3v) is 2.84. The SMILES string of the molecule is CS(=O)(=O)CCCn1ccccc1=O. The minimum absolute atomic E-state index is 0.0963. The normalized spacial score (nSPS) is 11.5. The van der Waals surface area contributed by atoms with Gasteiger partial charge in [-0.2, -0.15) is 0 Å². The van der Waals surface area contributed by atoms with E-state index in [-0.39, 0.29) is 11.3 Å². The molecule has 0 fully saturated rings. The predicted molar refractivity (Wildman–Crippen MR) is 55.0 cm³/mol. The van der Waals surface area contributed by atoms with Crippen LogP contribution >= 0.6 is 0 Å². The quantitative estimate of drug-likeness (QED) is 0.725. The van der Waals surface area contributed by atoms with Crippen LogP contribution in [0.2, 0.25) is 0 Å². The van der Waals surface area contributed by atoms with Gasteiger partial charge < -0.3 is 4.57 Å². The van der Waals surface area contributed by atoms with Crippen LogP contribution in [0.1, 0.15) is 6.42 Å². The smallest absolute Gasteiger partial charge is 0.250 e. The van der Waals surface area contributed by atoms with Crippen molar-refractivity contribution in [2.24, 2.45) is 0 Å². The van der Waals surface area contributed by atoms with E-state index in [0.29, 0.717) is 13.0 Å². The molecule has 0 radical (unpaired) electrons. The summed E-state index contributed by atoms with van der Waals surface area (Å²) < 4.78 is 23.1. The van der Waals surface area contributed by atoms with E-state index in [1.165, 1.54) is 16.9 Å². The molecule has 1 rings (SSSR count). The average Bonchev–Trinajstić information content (AvgIpc) is 2.06. The second-order valence-corrected chi connectivity index (χ2v) is 5.48. The molecule has 0 aliphatic heterocycles. The zero-order chi connectivity index (χ0) is 10.6. The molecule has 0 saturated carbocycles. The number of hydrogen-bond donors (Lipinski definition) is 0. The van der Waals surface area contributed by atoms with Crippen LogP contribution in [0.4, 0.5) is 0 Å². The van der Waals surface area contributed by atoms with Crippen LogP contribution < -0.4 is 5.56 Å². The summed E-state index contributed by atoms with van der Waals surface area (Å²) in [5.41, 5.74) is -0.0963. The third-order valence-electron chi connectivity index (χ3n) is 1.81. The van der Waals surface area contributed by atoms with Crippen LogP contribution in [0, 0.1) is 0 Å². The Morgan fingerprint density at radius 2 is 2.07 bits per heavy atom. The van der Waals surface area contributed by atoms with Gasteiger partial charge in [0.05, 0.1) is 5.75 Å². The number of rotatable bonds is 4. The summed E-state index contributed by atoms with van der Waals surface area (Å²) in [6, 6.07) is 4.87. The lowest BCUT2D eigenvalue weighted by Gasteiger charge is -2.03. The Bertz CT molecular complexity index is 447. The molecule has 0 unspecified atom stereocenters. The van der Waals surface area contributed by atoms with Gasteiger partial charge in [0.25, 0.3) is 0 Å². The zero-order valence-electron chi connectivity index (χ0n) is 8.01. The van der Waals surface area contributed by atoms with Crippen molar-refractivity contribution in [2.75, 3.05) is 12.0 Å². The summed E-state index contributed by atoms with van der Waals surface area (Å²) in [5.74, 6) is 0.119. The predicted octanol–water partition coefficient (Wildman–Crippen LogP) is 0.283. The highest BCUT2D eigenvalue weighted by Gasteiger charge is 2.01. The lowest BCUT2D eigenvalue weighted by atomic mass is 10.4. The monoisotopic (exact) mass is 215 g/mol. The van der Waals surface area contributed by atoms with Crippen LogP contribution in [0.15, 0.2) is 29.2 Å². The van der Waals surface area contributed by atoms with Crippen LogP contribution in [-0.4, -0.2) is 25.0 Å². The Hall–Kier alpha value is -1.10. The van der Waals surface area contributed by atoms with Crippen LogP contribution in [0.3, 0.4) is 0 Å². The van der Waals surface area contributed by atoms with Gasteiger partial charge in [0.1, 0.15) is 9.84 Å². The van der Waals surface area contributed by atoms with Gasteiger partial charge in [-0.05, 0) is 12.5 Å². The van der Waals surface area contributed by atoms with Gasteiger partial charge in [-0.1, -0.05) is 6.07 Å². The molecule has 0 bridgehead atoms. The molecule has 0 aromatic carbocycles. The fourth-order valence-electron chi connectivity index (χ4n) is 1.14. The standard InChI is InChI=1S/C9H13NO3S/c1-14(12,13)8-4-7-10-6-3-2-5-9(10)11/h2-3,5-6H,4,7-8H2,1H3. The molecule has 14 heavy (non-hydrogen) atoms. The Kier molecular flexibility index (Phi) is 3.46. The van der Waals surface area contributed by atoms with Crippen molar-refractivity contribution < 1.29 is 8.42 Å². The van der Waals surface area contributed by atoms with Crippen LogP contribution in [0.5, 0.6) is 0 Å². The van der Waals surface area contributed by atoms with Gasteiger partial charge in [-0.3, -0.25) is 4.79 Å². The second-order valence-electron chi connectivity index (χ2n) is 3.22. The van der Waals surface area contributed by atoms with Crippen LogP contribution in [0.25, 0.3) is 0 Å². The molecule has 0 aliphatic carbocycles. The largest absolute Gasteiger partial charge is 0.316 e. The maximum absolute atomic E-state index is 11.2. The Labute approximate surface area is 83.1 Å². The Balaban J connectivity index is 2.55. The van der Waals surface area contributed by atoms with E-state index in [1.54, 1.807) is 18.3 Å². The second kappa shape index (κ2) is 4.41. The molecule has 78 valence electrons. The fraction of sp³-hybridized carbons (Fsp3) is 0.444. The highest BCUT2D eigenvalue weighted by Crippen LogP contribution is 1.92. The number of hydrogen-bond acceptors (Lipinski definition) is 3. The van der Waals surface area contributed by atoms with E-state index in [4.69, 9.17) is 0 Å². The van der Waals surface area contributed by atoms with Crippen molar-refractivity contribution in [1.82, 2.24) is 4.57 Å². The van der Waals surface area contributed by atoms with E-state index >= 15 is 0 Å². The zero-order valence-corrected chi connectivity index (χ0v) is 8.83. The number of sulfone groups is 1. The molecule has 1 aromatic heterocycles. The minimum atomic E-state index is -2.92. The summed E-state index contributed by atoms with van der Waals surface area (Å²) in [6.45, 7) is 0.451. The first-order valence-electron chi connectivity index (χ1n) is 4.32. The lowest BCUT2D eigenvalue weighted by molar-refractivity contribution is 0.589. The topological polar surface area (TPSA) is 56.1 Å². The summed E-state index contributed by atoms with van der Waals surface area (Å²) in [5, 5.41) is 0. The summed E-state index contributed by atoms with van der Waals surface area (Å²) in [7, 11) is -2.92. The molecular weight excluding hydrogens is 202 g/mol. The van der Waals surface area contributed by atoms with Gasteiger partial charge in [-0.25, -0.2) is 8.42 Å². The van der Waals surface area contributed by atoms with E-state index in [2.05, 4.69) is 0 Å². The molecule has 0 atom stereocenters. The van der Waals surface area contributed by atoms with Crippen molar-refractivity contribution >= 4 is 9.84 Å². The third kappa shape index (κ3) is 3.74. The van der Waals surface area contributed by atoms with E-state index in [1.807, 2.05) is 0 Å². The number of pyridine rings is 1. The van der Waals surface area contributed by atoms with Gasteiger partial charge in [0.2, 0.25) is 5.56 Å². The van der Waals surface area contributed by atoms with Crippen molar-refractivity contribution in [2.45, 2.75) is 13.0 Å². The van der Waals surface area contributed by atoms with Gasteiger partial charge in [0.15, 0.2) is 0 Å².